The number of carbonyl (C=O) groups excluding carboxylic acids is 1. The molecular weight excluding hydrogens is 222 g/mol. The van der Waals surface area contributed by atoms with E-state index in [1.165, 1.54) is 7.11 Å². The maximum Gasteiger partial charge on any atom is 0.322 e. The molecule has 0 saturated heterocycles. The highest BCUT2D eigenvalue weighted by molar-refractivity contribution is 7.98. The first-order valence-electron chi connectivity index (χ1n) is 5.98. The number of hydrogen-bond acceptors (Lipinski definition) is 4. The Kier molecular flexibility index (Phi) is 9.83. The fourth-order valence-corrected chi connectivity index (χ4v) is 2.13. The van der Waals surface area contributed by atoms with Crippen LogP contribution in [0, 0.1) is 0 Å². The molecule has 2 atom stereocenters. The van der Waals surface area contributed by atoms with Gasteiger partial charge in [-0.25, -0.2) is 0 Å². The van der Waals surface area contributed by atoms with Crippen molar-refractivity contribution in [1.82, 2.24) is 5.32 Å². The minimum absolute atomic E-state index is 0.135. The normalized spacial score (nSPS) is 14.5. The first-order valence-corrected chi connectivity index (χ1v) is 7.37. The molecule has 3 nitrogen and oxygen atoms in total. The molecule has 0 aromatic heterocycles. The van der Waals surface area contributed by atoms with Gasteiger partial charge in [0.2, 0.25) is 0 Å². The van der Waals surface area contributed by atoms with Crippen LogP contribution in [0.2, 0.25) is 0 Å². The lowest BCUT2D eigenvalue weighted by Gasteiger charge is -2.21. The van der Waals surface area contributed by atoms with E-state index in [0.29, 0.717) is 6.04 Å². The summed E-state index contributed by atoms with van der Waals surface area (Å²) in [5.41, 5.74) is 0. The highest BCUT2D eigenvalue weighted by Crippen LogP contribution is 2.06. The van der Waals surface area contributed by atoms with E-state index in [4.69, 9.17) is 4.74 Å². The van der Waals surface area contributed by atoms with Crippen LogP contribution in [0.25, 0.3) is 0 Å². The molecule has 0 spiro atoms. The predicted octanol–water partition coefficient (Wildman–Crippen LogP) is 2.45. The third-order valence-electron chi connectivity index (χ3n) is 2.57. The van der Waals surface area contributed by atoms with Gasteiger partial charge in [0.05, 0.1) is 7.11 Å². The third kappa shape index (κ3) is 7.12. The van der Waals surface area contributed by atoms with E-state index in [9.17, 15) is 4.79 Å². The predicted molar refractivity (Wildman–Crippen MR) is 70.9 cm³/mol. The summed E-state index contributed by atoms with van der Waals surface area (Å²) >= 11 is 1.83. The molecule has 96 valence electrons. The zero-order valence-electron chi connectivity index (χ0n) is 10.9. The van der Waals surface area contributed by atoms with Gasteiger partial charge in [-0.05, 0) is 31.8 Å². The number of thioether (sulfide) groups is 1. The zero-order valence-corrected chi connectivity index (χ0v) is 11.7. The monoisotopic (exact) mass is 247 g/mol. The maximum atomic E-state index is 11.5. The van der Waals surface area contributed by atoms with Crippen LogP contribution in [0.1, 0.15) is 39.5 Å². The van der Waals surface area contributed by atoms with E-state index < -0.39 is 0 Å². The topological polar surface area (TPSA) is 38.3 Å². The number of hydrogen-bond donors (Lipinski definition) is 1. The maximum absolute atomic E-state index is 11.5. The molecule has 0 aliphatic carbocycles. The Bertz CT molecular complexity index is 188. The highest BCUT2D eigenvalue weighted by Gasteiger charge is 2.19. The Balaban J connectivity index is 4.03. The van der Waals surface area contributed by atoms with Crippen molar-refractivity contribution < 1.29 is 9.53 Å². The zero-order chi connectivity index (χ0) is 12.4. The van der Waals surface area contributed by atoms with Crippen LogP contribution in [0.4, 0.5) is 0 Å². The lowest BCUT2D eigenvalue weighted by atomic mass is 10.1. The minimum atomic E-state index is -0.137. The summed E-state index contributed by atoms with van der Waals surface area (Å²) in [6.07, 6.45) is 6.21. The number of ether oxygens (including phenoxy) is 1. The van der Waals surface area contributed by atoms with Gasteiger partial charge in [-0.15, -0.1) is 0 Å². The number of carbonyl (C=O) groups is 1. The van der Waals surface area contributed by atoms with Gasteiger partial charge >= 0.3 is 5.97 Å². The number of unbranched alkanes of at least 4 members (excludes halogenated alkanes) is 1. The molecule has 0 aromatic rings. The van der Waals surface area contributed by atoms with Crippen LogP contribution in [-0.4, -0.2) is 37.2 Å². The van der Waals surface area contributed by atoms with Gasteiger partial charge < -0.3 is 10.1 Å². The van der Waals surface area contributed by atoms with Crippen molar-refractivity contribution >= 4 is 17.7 Å². The van der Waals surface area contributed by atoms with E-state index in [-0.39, 0.29) is 12.0 Å². The van der Waals surface area contributed by atoms with Crippen LogP contribution < -0.4 is 5.32 Å². The van der Waals surface area contributed by atoms with Crippen molar-refractivity contribution in [1.29, 1.82) is 0 Å². The lowest BCUT2D eigenvalue weighted by Crippen LogP contribution is -2.42. The average molecular weight is 247 g/mol. The summed E-state index contributed by atoms with van der Waals surface area (Å²) in [6.45, 7) is 4.25. The SMILES string of the molecule is CCCCC(NC(C)CCSC)C(=O)OC. The fourth-order valence-electron chi connectivity index (χ4n) is 1.54. The van der Waals surface area contributed by atoms with Gasteiger partial charge in [0, 0.05) is 6.04 Å². The molecule has 2 unspecified atom stereocenters. The van der Waals surface area contributed by atoms with Crippen molar-refractivity contribution in [3.63, 3.8) is 0 Å². The Labute approximate surface area is 104 Å². The molecule has 0 aromatic carbocycles. The van der Waals surface area contributed by atoms with Gasteiger partial charge in [0.25, 0.3) is 0 Å². The minimum Gasteiger partial charge on any atom is -0.468 e. The molecule has 4 heteroatoms. The van der Waals surface area contributed by atoms with E-state index in [1.807, 2.05) is 11.8 Å². The molecule has 0 heterocycles. The molecule has 0 rings (SSSR count). The Morgan fingerprint density at radius 2 is 2.12 bits per heavy atom. The van der Waals surface area contributed by atoms with Crippen LogP contribution in [0.15, 0.2) is 0 Å². The molecule has 0 aliphatic rings. The standard InChI is InChI=1S/C12H25NO2S/c1-5-6-7-11(12(14)15-3)13-10(2)8-9-16-4/h10-11,13H,5-9H2,1-4H3. The van der Waals surface area contributed by atoms with E-state index >= 15 is 0 Å². The summed E-state index contributed by atoms with van der Waals surface area (Å²) in [4.78, 5) is 11.5. The number of methoxy groups -OCH3 is 1. The molecule has 0 saturated carbocycles. The second-order valence-corrected chi connectivity index (χ2v) is 5.05. The molecule has 1 N–H and O–H groups in total. The summed E-state index contributed by atoms with van der Waals surface area (Å²) in [5.74, 6) is 0.986. The fraction of sp³-hybridized carbons (Fsp3) is 0.917. The molecule has 16 heavy (non-hydrogen) atoms. The summed E-state index contributed by atoms with van der Waals surface area (Å²) in [6, 6.07) is 0.232. The van der Waals surface area contributed by atoms with Gasteiger partial charge in [-0.2, -0.15) is 11.8 Å². The van der Waals surface area contributed by atoms with Crippen molar-refractivity contribution in [2.24, 2.45) is 0 Å². The van der Waals surface area contributed by atoms with Gasteiger partial charge in [0.15, 0.2) is 0 Å². The van der Waals surface area contributed by atoms with Gasteiger partial charge in [-0.1, -0.05) is 19.8 Å². The molecular formula is C12H25NO2S. The second-order valence-electron chi connectivity index (χ2n) is 4.07. The lowest BCUT2D eigenvalue weighted by molar-refractivity contribution is -0.143. The Morgan fingerprint density at radius 3 is 2.62 bits per heavy atom. The third-order valence-corrected chi connectivity index (χ3v) is 3.22. The molecule has 0 amide bonds. The van der Waals surface area contributed by atoms with Crippen molar-refractivity contribution in [2.75, 3.05) is 19.1 Å². The smallest absolute Gasteiger partial charge is 0.322 e. The van der Waals surface area contributed by atoms with E-state index in [1.54, 1.807) is 0 Å². The summed E-state index contributed by atoms with van der Waals surface area (Å²) in [5, 5.41) is 3.35. The Morgan fingerprint density at radius 1 is 1.44 bits per heavy atom. The van der Waals surface area contributed by atoms with Crippen LogP contribution in [0.3, 0.4) is 0 Å². The average Bonchev–Trinajstić information content (AvgIpc) is 2.30. The highest BCUT2D eigenvalue weighted by atomic mass is 32.2. The van der Waals surface area contributed by atoms with Gasteiger partial charge in [0.1, 0.15) is 6.04 Å². The Hall–Kier alpha value is -0.220. The van der Waals surface area contributed by atoms with E-state index in [0.717, 1.165) is 31.4 Å². The van der Waals surface area contributed by atoms with Crippen LogP contribution in [-0.2, 0) is 9.53 Å². The van der Waals surface area contributed by atoms with Crippen molar-refractivity contribution in [3.05, 3.63) is 0 Å². The number of esters is 1. The van der Waals surface area contributed by atoms with E-state index in [2.05, 4.69) is 25.4 Å². The van der Waals surface area contributed by atoms with Crippen LogP contribution >= 0.6 is 11.8 Å². The van der Waals surface area contributed by atoms with Crippen molar-refractivity contribution in [2.45, 2.75) is 51.6 Å². The first kappa shape index (κ1) is 15.8. The number of nitrogens with one attached hydrogen (secondary N) is 1. The molecule has 0 bridgehead atoms. The molecule has 0 aliphatic heterocycles. The van der Waals surface area contributed by atoms with Crippen molar-refractivity contribution in [3.8, 4) is 0 Å². The second kappa shape index (κ2) is 9.97. The largest absolute Gasteiger partial charge is 0.468 e. The first-order chi connectivity index (χ1) is 7.65. The van der Waals surface area contributed by atoms with Gasteiger partial charge in [-0.3, -0.25) is 4.79 Å². The number of rotatable bonds is 9. The molecule has 0 fully saturated rings. The summed E-state index contributed by atoms with van der Waals surface area (Å²) in [7, 11) is 1.45. The summed E-state index contributed by atoms with van der Waals surface area (Å²) < 4.78 is 4.81. The molecule has 0 radical (unpaired) electrons. The quantitative estimate of drug-likeness (QED) is 0.635. The van der Waals surface area contributed by atoms with Crippen LogP contribution in [0.5, 0.6) is 0 Å².